The molecule has 0 radical (unpaired) electrons. The van der Waals surface area contributed by atoms with E-state index in [-0.39, 0.29) is 17.1 Å². The summed E-state index contributed by atoms with van der Waals surface area (Å²) in [6, 6.07) is 14.1. The van der Waals surface area contributed by atoms with Crippen LogP contribution in [0.4, 0.5) is 11.4 Å². The maximum atomic E-state index is 12.5. The van der Waals surface area contributed by atoms with Gasteiger partial charge in [0.05, 0.1) is 5.56 Å². The lowest BCUT2D eigenvalue weighted by Crippen LogP contribution is -2.22. The Labute approximate surface area is 158 Å². The Morgan fingerprint density at radius 1 is 1.15 bits per heavy atom. The molecule has 0 aliphatic heterocycles. The van der Waals surface area contributed by atoms with Gasteiger partial charge in [0.2, 0.25) is 0 Å². The number of rotatable bonds is 5. The van der Waals surface area contributed by atoms with Crippen molar-refractivity contribution in [1.82, 2.24) is 5.32 Å². The van der Waals surface area contributed by atoms with Gasteiger partial charge in [-0.2, -0.15) is 5.26 Å². The molecule has 0 unspecified atom stereocenters. The van der Waals surface area contributed by atoms with Crippen LogP contribution in [0.25, 0.3) is 0 Å². The van der Waals surface area contributed by atoms with Crippen LogP contribution in [0, 0.1) is 18.3 Å². The van der Waals surface area contributed by atoms with E-state index in [4.69, 9.17) is 5.73 Å². The van der Waals surface area contributed by atoms with Crippen LogP contribution in [-0.2, 0) is 4.79 Å². The second-order valence-electron chi connectivity index (χ2n) is 6.38. The summed E-state index contributed by atoms with van der Waals surface area (Å²) in [7, 11) is 0. The van der Waals surface area contributed by atoms with Crippen molar-refractivity contribution < 1.29 is 9.59 Å². The molecule has 0 atom stereocenters. The van der Waals surface area contributed by atoms with Gasteiger partial charge in [-0.15, -0.1) is 0 Å². The van der Waals surface area contributed by atoms with E-state index in [2.05, 4.69) is 10.6 Å². The van der Waals surface area contributed by atoms with E-state index in [1.807, 2.05) is 45.0 Å². The molecule has 4 N–H and O–H groups in total. The van der Waals surface area contributed by atoms with E-state index in [0.717, 1.165) is 17.3 Å². The van der Waals surface area contributed by atoms with E-state index in [1.165, 1.54) is 0 Å². The number of carbonyl (C=O) groups is 2. The zero-order chi connectivity index (χ0) is 20.0. The van der Waals surface area contributed by atoms with Crippen LogP contribution in [0.5, 0.6) is 0 Å². The molecule has 0 aliphatic rings. The molecule has 2 rings (SSSR count). The molecule has 0 heterocycles. The first-order valence-electron chi connectivity index (χ1n) is 8.51. The van der Waals surface area contributed by atoms with Gasteiger partial charge in [0, 0.05) is 17.6 Å². The van der Waals surface area contributed by atoms with Crippen molar-refractivity contribution in [2.75, 3.05) is 11.1 Å². The normalized spacial score (nSPS) is 11.0. The van der Waals surface area contributed by atoms with Crippen LogP contribution in [0.2, 0.25) is 0 Å². The van der Waals surface area contributed by atoms with Crippen molar-refractivity contribution in [1.29, 1.82) is 5.26 Å². The Balaban J connectivity index is 2.20. The standard InChI is InChI=1S/C21H22N4O2/c1-13(2)16-9-6-7-14(3)19(16)25-20(26)15(11-22)12-24-21(27)17-8-4-5-10-18(17)23/h4-10,12-13H,23H2,1-3H3,(H,24,27)(H,25,26)/b15-12-. The Hall–Kier alpha value is -3.59. The van der Waals surface area contributed by atoms with Crippen molar-refractivity contribution in [2.24, 2.45) is 0 Å². The van der Waals surface area contributed by atoms with E-state index in [0.29, 0.717) is 11.4 Å². The average Bonchev–Trinajstić information content (AvgIpc) is 2.63. The molecule has 0 saturated heterocycles. The Morgan fingerprint density at radius 2 is 1.85 bits per heavy atom. The SMILES string of the molecule is Cc1cccc(C(C)C)c1NC(=O)/C(C#N)=C\NC(=O)c1ccccc1N. The number of anilines is 2. The molecule has 0 saturated carbocycles. The number of hydrogen-bond acceptors (Lipinski definition) is 4. The maximum Gasteiger partial charge on any atom is 0.267 e. The quantitative estimate of drug-likeness (QED) is 0.430. The zero-order valence-electron chi connectivity index (χ0n) is 15.5. The third kappa shape index (κ3) is 4.73. The summed E-state index contributed by atoms with van der Waals surface area (Å²) < 4.78 is 0. The van der Waals surface area contributed by atoms with Gasteiger partial charge in [-0.1, -0.05) is 44.2 Å². The van der Waals surface area contributed by atoms with Gasteiger partial charge < -0.3 is 16.4 Å². The number of nitrogens with zero attached hydrogens (tertiary/aromatic N) is 1. The Morgan fingerprint density at radius 3 is 2.48 bits per heavy atom. The topological polar surface area (TPSA) is 108 Å². The van der Waals surface area contributed by atoms with Crippen molar-refractivity contribution in [3.05, 3.63) is 70.9 Å². The number of aryl methyl sites for hydroxylation is 1. The molecule has 138 valence electrons. The number of nitrogens with two attached hydrogens (primary N) is 1. The molecule has 2 amide bonds. The molecule has 0 aliphatic carbocycles. The molecule has 0 bridgehead atoms. The number of amides is 2. The van der Waals surface area contributed by atoms with E-state index in [9.17, 15) is 14.9 Å². The number of para-hydroxylation sites is 2. The number of nitrogens with one attached hydrogen (secondary N) is 2. The van der Waals surface area contributed by atoms with Crippen LogP contribution in [0.3, 0.4) is 0 Å². The highest BCUT2D eigenvalue weighted by Crippen LogP contribution is 2.27. The zero-order valence-corrected chi connectivity index (χ0v) is 15.5. The van der Waals surface area contributed by atoms with Crippen LogP contribution in [0.1, 0.15) is 41.3 Å². The van der Waals surface area contributed by atoms with Gasteiger partial charge in [0.25, 0.3) is 11.8 Å². The molecular formula is C21H22N4O2. The van der Waals surface area contributed by atoms with E-state index < -0.39 is 11.8 Å². The van der Waals surface area contributed by atoms with Crippen LogP contribution < -0.4 is 16.4 Å². The van der Waals surface area contributed by atoms with Gasteiger partial charge in [-0.25, -0.2) is 0 Å². The van der Waals surface area contributed by atoms with Crippen molar-refractivity contribution in [3.8, 4) is 6.07 Å². The lowest BCUT2D eigenvalue weighted by atomic mass is 9.98. The summed E-state index contributed by atoms with van der Waals surface area (Å²) in [6.07, 6.45) is 1.09. The van der Waals surface area contributed by atoms with Crippen LogP contribution >= 0.6 is 0 Å². The summed E-state index contributed by atoms with van der Waals surface area (Å²) in [4.78, 5) is 24.7. The summed E-state index contributed by atoms with van der Waals surface area (Å²) in [6.45, 7) is 5.93. The number of hydrogen-bond donors (Lipinski definition) is 3. The predicted molar refractivity (Wildman–Crippen MR) is 106 cm³/mol. The molecule has 2 aromatic carbocycles. The Kier molecular flexibility index (Phi) is 6.34. The third-order valence-corrected chi connectivity index (χ3v) is 4.08. The summed E-state index contributed by atoms with van der Waals surface area (Å²) >= 11 is 0. The van der Waals surface area contributed by atoms with Crippen molar-refractivity contribution in [3.63, 3.8) is 0 Å². The number of nitriles is 1. The highest BCUT2D eigenvalue weighted by atomic mass is 16.2. The minimum Gasteiger partial charge on any atom is -0.398 e. The fourth-order valence-electron chi connectivity index (χ4n) is 2.59. The highest BCUT2D eigenvalue weighted by molar-refractivity contribution is 6.08. The summed E-state index contributed by atoms with van der Waals surface area (Å²) in [5, 5.41) is 14.5. The fraction of sp³-hybridized carbons (Fsp3) is 0.190. The van der Waals surface area contributed by atoms with E-state index in [1.54, 1.807) is 24.3 Å². The first kappa shape index (κ1) is 19.7. The number of carbonyl (C=O) groups excluding carboxylic acids is 2. The van der Waals surface area contributed by atoms with Crippen LogP contribution in [-0.4, -0.2) is 11.8 Å². The lowest BCUT2D eigenvalue weighted by Gasteiger charge is -2.16. The maximum absolute atomic E-state index is 12.5. The molecular weight excluding hydrogens is 340 g/mol. The second kappa shape index (κ2) is 8.68. The molecule has 6 heteroatoms. The smallest absolute Gasteiger partial charge is 0.267 e. The van der Waals surface area contributed by atoms with Gasteiger partial charge in [-0.05, 0) is 36.1 Å². The first-order chi connectivity index (χ1) is 12.8. The van der Waals surface area contributed by atoms with Crippen molar-refractivity contribution >= 4 is 23.2 Å². The van der Waals surface area contributed by atoms with E-state index >= 15 is 0 Å². The van der Waals surface area contributed by atoms with Gasteiger partial charge in [0.1, 0.15) is 11.6 Å². The van der Waals surface area contributed by atoms with Crippen molar-refractivity contribution in [2.45, 2.75) is 26.7 Å². The Bertz CT molecular complexity index is 939. The third-order valence-electron chi connectivity index (χ3n) is 4.08. The molecule has 0 fully saturated rings. The molecule has 0 aromatic heterocycles. The van der Waals surface area contributed by atoms with Crippen LogP contribution in [0.15, 0.2) is 54.2 Å². The monoisotopic (exact) mass is 362 g/mol. The van der Waals surface area contributed by atoms with Gasteiger partial charge in [-0.3, -0.25) is 9.59 Å². The molecule has 27 heavy (non-hydrogen) atoms. The first-order valence-corrected chi connectivity index (χ1v) is 8.51. The minimum absolute atomic E-state index is 0.204. The lowest BCUT2D eigenvalue weighted by molar-refractivity contribution is -0.112. The number of nitrogen functional groups attached to an aromatic ring is 1. The second-order valence-corrected chi connectivity index (χ2v) is 6.38. The fourth-order valence-corrected chi connectivity index (χ4v) is 2.59. The summed E-state index contributed by atoms with van der Waals surface area (Å²) in [5.41, 5.74) is 8.68. The number of benzene rings is 2. The largest absolute Gasteiger partial charge is 0.398 e. The minimum atomic E-state index is -0.588. The predicted octanol–water partition coefficient (Wildman–Crippen LogP) is 3.48. The molecule has 6 nitrogen and oxygen atoms in total. The summed E-state index contributed by atoms with van der Waals surface area (Å²) in [5.74, 6) is -0.877. The average molecular weight is 362 g/mol. The van der Waals surface area contributed by atoms with Gasteiger partial charge >= 0.3 is 0 Å². The van der Waals surface area contributed by atoms with Gasteiger partial charge in [0.15, 0.2) is 0 Å². The molecule has 0 spiro atoms. The molecule has 2 aromatic rings. The highest BCUT2D eigenvalue weighted by Gasteiger charge is 2.16.